The van der Waals surface area contributed by atoms with Crippen LogP contribution >= 0.6 is 0 Å². The van der Waals surface area contributed by atoms with E-state index in [1.807, 2.05) is 109 Å². The van der Waals surface area contributed by atoms with Gasteiger partial charge in [-0.2, -0.15) is 0 Å². The second-order valence-corrected chi connectivity index (χ2v) is 6.93. The molecule has 0 bridgehead atoms. The molecule has 2 aromatic carbocycles. The van der Waals surface area contributed by atoms with E-state index in [0.29, 0.717) is 0 Å². The van der Waals surface area contributed by atoms with Gasteiger partial charge in [0.15, 0.2) is 0 Å². The Kier molecular flexibility index (Phi) is 6.94. The highest BCUT2D eigenvalue weighted by molar-refractivity contribution is 5.36. The Morgan fingerprint density at radius 3 is 1.32 bits per heavy atom. The molecule has 6 heteroatoms. The number of nitrogens with zero attached hydrogens (tertiary/aromatic N) is 6. The summed E-state index contributed by atoms with van der Waals surface area (Å²) in [6, 6.07) is 31.4. The van der Waals surface area contributed by atoms with Crippen molar-refractivity contribution in [3.63, 3.8) is 0 Å². The first kappa shape index (κ1) is 20.2. The van der Waals surface area contributed by atoms with Crippen LogP contribution in [-0.2, 0) is 13.1 Å². The lowest BCUT2D eigenvalue weighted by atomic mass is 10.3. The molecule has 0 saturated heterocycles. The van der Waals surface area contributed by atoms with E-state index >= 15 is 0 Å². The zero-order chi connectivity index (χ0) is 21.1. The Labute approximate surface area is 181 Å². The van der Waals surface area contributed by atoms with E-state index in [0.717, 1.165) is 42.5 Å². The topological polar surface area (TPSA) is 57.2 Å². The fourth-order valence-electron chi connectivity index (χ4n) is 3.11. The summed E-state index contributed by atoms with van der Waals surface area (Å²) < 4.78 is 4.22. The highest BCUT2D eigenvalue weighted by atomic mass is 15.2. The summed E-state index contributed by atoms with van der Waals surface area (Å²) in [5.74, 6) is 1.65. The molecule has 0 aliphatic rings. The van der Waals surface area contributed by atoms with Crippen LogP contribution in [0.4, 0.5) is 23.0 Å². The van der Waals surface area contributed by atoms with Gasteiger partial charge in [0, 0.05) is 18.6 Å². The minimum Gasteiger partial charge on any atom is -0.229 e. The summed E-state index contributed by atoms with van der Waals surface area (Å²) in [5.41, 5.74) is 1.68. The van der Waals surface area contributed by atoms with Crippen molar-refractivity contribution in [2.75, 3.05) is 0 Å². The number of azo groups is 2. The molecule has 0 N–H and O–H groups in total. The molecule has 0 aliphatic heterocycles. The van der Waals surface area contributed by atoms with Crippen molar-refractivity contribution in [1.82, 2.24) is 0 Å². The van der Waals surface area contributed by atoms with Gasteiger partial charge in [0.05, 0.1) is 35.7 Å². The molecule has 0 saturated carbocycles. The van der Waals surface area contributed by atoms with Crippen molar-refractivity contribution in [2.45, 2.75) is 19.5 Å². The van der Waals surface area contributed by atoms with Gasteiger partial charge in [-0.25, -0.2) is 9.13 Å². The van der Waals surface area contributed by atoms with Gasteiger partial charge in [-0.3, -0.25) is 0 Å². The van der Waals surface area contributed by atoms with Gasteiger partial charge in [0.1, 0.15) is 11.4 Å². The smallest absolute Gasteiger partial charge is 0.229 e. The summed E-state index contributed by atoms with van der Waals surface area (Å²) in [5, 5.41) is 17.5. The van der Waals surface area contributed by atoms with Crippen molar-refractivity contribution >= 4 is 23.0 Å². The molecular formula is C25H24N6+2. The average Bonchev–Trinajstić information content (AvgIpc) is 2.84. The maximum absolute atomic E-state index is 4.43. The second-order valence-electron chi connectivity index (χ2n) is 6.93. The standard InChI is InChI=1S/C25H24N6/c1-3-12-22(13-4-1)26-28-24-16-7-9-18-30(24)20-11-21-31-19-10-8-17-25(31)29-27-23-14-5-2-6-15-23/h1-10,12-19H,11,20-21H2/q+2. The fourth-order valence-corrected chi connectivity index (χ4v) is 3.11. The molecule has 6 nitrogen and oxygen atoms in total. The highest BCUT2D eigenvalue weighted by Crippen LogP contribution is 2.15. The Morgan fingerprint density at radius 1 is 0.452 bits per heavy atom. The maximum atomic E-state index is 4.43. The van der Waals surface area contributed by atoms with Crippen molar-refractivity contribution < 1.29 is 9.13 Å². The molecule has 0 spiro atoms. The van der Waals surface area contributed by atoms with Gasteiger partial charge >= 0.3 is 11.6 Å². The van der Waals surface area contributed by atoms with Crippen LogP contribution in [0.2, 0.25) is 0 Å². The van der Waals surface area contributed by atoms with Gasteiger partial charge in [-0.05, 0) is 46.6 Å². The summed E-state index contributed by atoms with van der Waals surface area (Å²) in [4.78, 5) is 0. The number of hydrogen-bond acceptors (Lipinski definition) is 4. The Morgan fingerprint density at radius 2 is 0.871 bits per heavy atom. The summed E-state index contributed by atoms with van der Waals surface area (Å²) in [6.07, 6.45) is 4.99. The number of rotatable bonds is 8. The Balaban J connectivity index is 1.41. The van der Waals surface area contributed by atoms with Crippen LogP contribution in [-0.4, -0.2) is 0 Å². The number of pyridine rings is 2. The van der Waals surface area contributed by atoms with Crippen LogP contribution in [0.25, 0.3) is 0 Å². The lowest BCUT2D eigenvalue weighted by Crippen LogP contribution is -2.39. The second kappa shape index (κ2) is 10.6. The lowest BCUT2D eigenvalue weighted by Gasteiger charge is -2.03. The highest BCUT2D eigenvalue weighted by Gasteiger charge is 2.12. The number of hydrogen-bond donors (Lipinski definition) is 0. The van der Waals surface area contributed by atoms with Crippen LogP contribution < -0.4 is 9.13 Å². The first-order chi connectivity index (χ1) is 15.4. The molecule has 2 heterocycles. The Hall–Kier alpha value is -4.06. The molecule has 0 amide bonds. The molecule has 4 aromatic rings. The van der Waals surface area contributed by atoms with E-state index in [4.69, 9.17) is 0 Å². The van der Waals surface area contributed by atoms with Crippen LogP contribution in [0.3, 0.4) is 0 Å². The number of aryl methyl sites for hydroxylation is 2. The predicted molar refractivity (Wildman–Crippen MR) is 119 cm³/mol. The third kappa shape index (κ3) is 5.96. The molecule has 31 heavy (non-hydrogen) atoms. The molecule has 152 valence electrons. The van der Waals surface area contributed by atoms with Crippen molar-refractivity contribution in [3.05, 3.63) is 109 Å². The third-order valence-electron chi connectivity index (χ3n) is 4.68. The molecule has 0 radical (unpaired) electrons. The largest absolute Gasteiger partial charge is 0.350 e. The molecule has 4 rings (SSSR count). The van der Waals surface area contributed by atoms with E-state index < -0.39 is 0 Å². The average molecular weight is 409 g/mol. The minimum absolute atomic E-state index is 0.821. The first-order valence-corrected chi connectivity index (χ1v) is 10.3. The Bertz CT molecular complexity index is 1060. The fraction of sp³-hybridized carbons (Fsp3) is 0.120. The van der Waals surface area contributed by atoms with Crippen LogP contribution in [0, 0.1) is 0 Å². The van der Waals surface area contributed by atoms with E-state index in [9.17, 15) is 0 Å². The zero-order valence-electron chi connectivity index (χ0n) is 17.2. The summed E-state index contributed by atoms with van der Waals surface area (Å²) in [6.45, 7) is 1.64. The number of benzene rings is 2. The van der Waals surface area contributed by atoms with Crippen LogP contribution in [0.1, 0.15) is 6.42 Å². The third-order valence-corrected chi connectivity index (χ3v) is 4.68. The molecular weight excluding hydrogens is 384 g/mol. The van der Waals surface area contributed by atoms with E-state index in [1.165, 1.54) is 0 Å². The normalized spacial score (nSPS) is 11.4. The van der Waals surface area contributed by atoms with Gasteiger partial charge in [0.25, 0.3) is 0 Å². The monoisotopic (exact) mass is 408 g/mol. The number of aromatic nitrogens is 2. The molecule has 2 aromatic heterocycles. The van der Waals surface area contributed by atoms with Crippen LogP contribution in [0.15, 0.2) is 130 Å². The van der Waals surface area contributed by atoms with E-state index in [-0.39, 0.29) is 0 Å². The van der Waals surface area contributed by atoms with E-state index in [1.54, 1.807) is 0 Å². The molecule has 0 atom stereocenters. The quantitative estimate of drug-likeness (QED) is 0.247. The maximum Gasteiger partial charge on any atom is 0.350 e. The first-order valence-electron chi connectivity index (χ1n) is 10.3. The van der Waals surface area contributed by atoms with Crippen molar-refractivity contribution in [2.24, 2.45) is 20.5 Å². The van der Waals surface area contributed by atoms with Crippen LogP contribution in [0.5, 0.6) is 0 Å². The van der Waals surface area contributed by atoms with Crippen molar-refractivity contribution in [3.8, 4) is 0 Å². The minimum atomic E-state index is 0.821. The van der Waals surface area contributed by atoms with Gasteiger partial charge < -0.3 is 0 Å². The summed E-state index contributed by atoms with van der Waals surface area (Å²) >= 11 is 0. The molecule has 0 fully saturated rings. The van der Waals surface area contributed by atoms with Crippen molar-refractivity contribution in [1.29, 1.82) is 0 Å². The molecule has 0 unspecified atom stereocenters. The van der Waals surface area contributed by atoms with Gasteiger partial charge in [0.2, 0.25) is 0 Å². The van der Waals surface area contributed by atoms with E-state index in [2.05, 4.69) is 29.6 Å². The van der Waals surface area contributed by atoms with Gasteiger partial charge in [-0.15, -0.1) is 0 Å². The lowest BCUT2D eigenvalue weighted by molar-refractivity contribution is -0.714. The van der Waals surface area contributed by atoms with Gasteiger partial charge in [-0.1, -0.05) is 48.5 Å². The SMILES string of the molecule is c1ccc(N=Nc2cccc[n+]2CCC[n+]2ccccc2N=Nc2ccccc2)cc1. The zero-order valence-corrected chi connectivity index (χ0v) is 17.2. The predicted octanol–water partition coefficient (Wildman–Crippen LogP) is 6.18. The molecule has 0 aliphatic carbocycles. The summed E-state index contributed by atoms with van der Waals surface area (Å²) in [7, 11) is 0.